The lowest BCUT2D eigenvalue weighted by atomic mass is 10.1. The zero-order valence-electron chi connectivity index (χ0n) is 12.7. The second-order valence-electron chi connectivity index (χ2n) is 5.20. The summed E-state index contributed by atoms with van der Waals surface area (Å²) in [4.78, 5) is 19.1. The van der Waals surface area contributed by atoms with Crippen molar-refractivity contribution >= 4 is 10.8 Å². The molecule has 0 fully saturated rings. The topological polar surface area (TPSA) is 59.9 Å². The maximum absolute atomic E-state index is 11.9. The molecular weight excluding hydrogens is 278 g/mol. The van der Waals surface area contributed by atoms with Gasteiger partial charge in [-0.05, 0) is 30.9 Å². The maximum Gasteiger partial charge on any atom is 0.255 e. The minimum atomic E-state index is -0.0621. The van der Waals surface area contributed by atoms with Gasteiger partial charge in [-0.25, -0.2) is 4.98 Å². The van der Waals surface area contributed by atoms with Crippen LogP contribution in [0.25, 0.3) is 10.8 Å². The molecule has 0 aliphatic heterocycles. The maximum atomic E-state index is 11.9. The van der Waals surface area contributed by atoms with Gasteiger partial charge in [-0.3, -0.25) is 4.79 Å². The predicted molar refractivity (Wildman–Crippen MR) is 85.9 cm³/mol. The van der Waals surface area contributed by atoms with Gasteiger partial charge in [0.25, 0.3) is 5.56 Å². The Labute approximate surface area is 128 Å². The van der Waals surface area contributed by atoms with Crippen LogP contribution in [0.1, 0.15) is 31.3 Å². The third-order valence-corrected chi connectivity index (χ3v) is 3.76. The van der Waals surface area contributed by atoms with Gasteiger partial charge < -0.3 is 14.3 Å². The van der Waals surface area contributed by atoms with E-state index in [0.29, 0.717) is 18.5 Å². The highest BCUT2D eigenvalue weighted by atomic mass is 16.5. The molecule has 3 aromatic rings. The van der Waals surface area contributed by atoms with Crippen LogP contribution in [0.5, 0.6) is 0 Å². The predicted octanol–water partition coefficient (Wildman–Crippen LogP) is 2.87. The zero-order chi connectivity index (χ0) is 15.5. The monoisotopic (exact) mass is 297 g/mol. The molecule has 22 heavy (non-hydrogen) atoms. The number of aromatic amines is 1. The van der Waals surface area contributed by atoms with Crippen LogP contribution in [0.4, 0.5) is 0 Å². The first-order valence-corrected chi connectivity index (χ1v) is 7.42. The Bertz CT molecular complexity index is 835. The number of hydrogen-bond donors (Lipinski definition) is 1. The molecule has 0 radical (unpaired) electrons. The highest BCUT2D eigenvalue weighted by molar-refractivity contribution is 5.84. The summed E-state index contributed by atoms with van der Waals surface area (Å²) in [5.41, 5.74) is 0.992. The fourth-order valence-electron chi connectivity index (χ4n) is 2.72. The van der Waals surface area contributed by atoms with E-state index in [4.69, 9.17) is 4.74 Å². The number of pyridine rings is 1. The van der Waals surface area contributed by atoms with Crippen molar-refractivity contribution in [3.63, 3.8) is 0 Å². The third kappa shape index (κ3) is 2.67. The first-order valence-electron chi connectivity index (χ1n) is 7.42. The van der Waals surface area contributed by atoms with Crippen LogP contribution in [0.2, 0.25) is 0 Å². The largest absolute Gasteiger partial charge is 0.371 e. The number of ether oxygens (including phenoxy) is 1. The number of H-pyrrole nitrogens is 1. The van der Waals surface area contributed by atoms with Crippen molar-refractivity contribution in [2.24, 2.45) is 0 Å². The normalized spacial score (nSPS) is 12.6. The van der Waals surface area contributed by atoms with Crippen LogP contribution in [-0.4, -0.2) is 21.1 Å². The molecule has 0 aliphatic carbocycles. The average Bonchev–Trinajstić information content (AvgIpc) is 2.99. The van der Waals surface area contributed by atoms with Gasteiger partial charge in [-0.1, -0.05) is 18.2 Å². The summed E-state index contributed by atoms with van der Waals surface area (Å²) in [5.74, 6) is 0.886. The number of fused-ring (bicyclic) bond motifs is 1. The Morgan fingerprint density at radius 3 is 2.86 bits per heavy atom. The minimum absolute atomic E-state index is 0.0611. The van der Waals surface area contributed by atoms with E-state index in [0.717, 1.165) is 16.8 Å². The van der Waals surface area contributed by atoms with Crippen molar-refractivity contribution in [1.82, 2.24) is 14.5 Å². The average molecular weight is 297 g/mol. The molecule has 2 aromatic heterocycles. The molecule has 5 nitrogen and oxygen atoms in total. The first kappa shape index (κ1) is 14.5. The van der Waals surface area contributed by atoms with Gasteiger partial charge in [0, 0.05) is 30.6 Å². The molecule has 0 aliphatic rings. The van der Waals surface area contributed by atoms with Gasteiger partial charge in [0.15, 0.2) is 0 Å². The standard InChI is InChI=1S/C17H19N3O2/c1-3-22-12(2)16-18-8-9-20(16)11-13-10-19-17(21)15-7-5-4-6-14(13)15/h4-10,12H,3,11H2,1-2H3,(H,19,21). The van der Waals surface area contributed by atoms with Crippen molar-refractivity contribution in [3.8, 4) is 0 Å². The Kier molecular flexibility index (Phi) is 4.06. The van der Waals surface area contributed by atoms with Crippen LogP contribution >= 0.6 is 0 Å². The molecule has 1 atom stereocenters. The molecule has 0 saturated carbocycles. The molecule has 0 bridgehead atoms. The van der Waals surface area contributed by atoms with Crippen LogP contribution in [-0.2, 0) is 11.3 Å². The van der Waals surface area contributed by atoms with Gasteiger partial charge in [0.2, 0.25) is 0 Å². The van der Waals surface area contributed by atoms with Gasteiger partial charge in [-0.2, -0.15) is 0 Å². The molecule has 114 valence electrons. The molecule has 1 aromatic carbocycles. The number of rotatable bonds is 5. The summed E-state index contributed by atoms with van der Waals surface area (Å²) in [7, 11) is 0. The number of benzene rings is 1. The van der Waals surface area contributed by atoms with E-state index in [-0.39, 0.29) is 11.7 Å². The van der Waals surface area contributed by atoms with Crippen molar-refractivity contribution < 1.29 is 4.74 Å². The second kappa shape index (κ2) is 6.15. The summed E-state index contributed by atoms with van der Waals surface area (Å²) in [5, 5.41) is 1.68. The van der Waals surface area contributed by atoms with Crippen molar-refractivity contribution in [2.45, 2.75) is 26.5 Å². The lowest BCUT2D eigenvalue weighted by Crippen LogP contribution is -2.12. The zero-order valence-corrected chi connectivity index (χ0v) is 12.7. The third-order valence-electron chi connectivity index (χ3n) is 3.76. The molecule has 0 spiro atoms. The smallest absolute Gasteiger partial charge is 0.255 e. The molecule has 0 amide bonds. The fourth-order valence-corrected chi connectivity index (χ4v) is 2.72. The Morgan fingerprint density at radius 2 is 2.09 bits per heavy atom. The van der Waals surface area contributed by atoms with E-state index in [1.807, 2.05) is 44.3 Å². The quantitative estimate of drug-likeness (QED) is 0.787. The minimum Gasteiger partial charge on any atom is -0.371 e. The van der Waals surface area contributed by atoms with E-state index in [2.05, 4.69) is 14.5 Å². The summed E-state index contributed by atoms with van der Waals surface area (Å²) in [6, 6.07) is 7.64. The Morgan fingerprint density at radius 1 is 1.32 bits per heavy atom. The molecule has 0 saturated heterocycles. The number of hydrogen-bond acceptors (Lipinski definition) is 3. The van der Waals surface area contributed by atoms with E-state index in [1.165, 1.54) is 0 Å². The lowest BCUT2D eigenvalue weighted by molar-refractivity contribution is 0.0677. The van der Waals surface area contributed by atoms with Crippen molar-refractivity contribution in [1.29, 1.82) is 0 Å². The summed E-state index contributed by atoms with van der Waals surface area (Å²) >= 11 is 0. The SMILES string of the molecule is CCOC(C)c1nccn1Cc1c[nH]c(=O)c2ccccc12. The molecule has 5 heteroatoms. The molecule has 1 unspecified atom stereocenters. The van der Waals surface area contributed by atoms with Gasteiger partial charge in [0.1, 0.15) is 11.9 Å². The fraction of sp³-hybridized carbons (Fsp3) is 0.294. The highest BCUT2D eigenvalue weighted by Gasteiger charge is 2.13. The summed E-state index contributed by atoms with van der Waals surface area (Å²) < 4.78 is 7.69. The first-order chi connectivity index (χ1) is 10.7. The number of aromatic nitrogens is 3. The van der Waals surface area contributed by atoms with Gasteiger partial charge in [0.05, 0.1) is 6.54 Å². The second-order valence-corrected chi connectivity index (χ2v) is 5.20. The molecule has 3 rings (SSSR count). The molecule has 2 heterocycles. The number of nitrogens with zero attached hydrogens (tertiary/aromatic N) is 2. The van der Waals surface area contributed by atoms with Crippen molar-refractivity contribution in [3.05, 3.63) is 64.6 Å². The molecule has 1 N–H and O–H groups in total. The molecular formula is C17H19N3O2. The van der Waals surface area contributed by atoms with Crippen LogP contribution < -0.4 is 5.56 Å². The van der Waals surface area contributed by atoms with E-state index in [1.54, 1.807) is 12.4 Å². The van der Waals surface area contributed by atoms with Crippen LogP contribution in [0.15, 0.2) is 47.7 Å². The van der Waals surface area contributed by atoms with E-state index < -0.39 is 0 Å². The number of imidazole rings is 1. The van der Waals surface area contributed by atoms with E-state index in [9.17, 15) is 4.79 Å². The number of nitrogens with one attached hydrogen (secondary N) is 1. The van der Waals surface area contributed by atoms with Crippen LogP contribution in [0.3, 0.4) is 0 Å². The van der Waals surface area contributed by atoms with Gasteiger partial charge in [-0.15, -0.1) is 0 Å². The van der Waals surface area contributed by atoms with E-state index >= 15 is 0 Å². The Balaban J connectivity index is 2.00. The Hall–Kier alpha value is -2.40. The lowest BCUT2D eigenvalue weighted by Gasteiger charge is -2.15. The van der Waals surface area contributed by atoms with Crippen LogP contribution in [0, 0.1) is 0 Å². The van der Waals surface area contributed by atoms with Crippen molar-refractivity contribution in [2.75, 3.05) is 6.61 Å². The summed E-state index contributed by atoms with van der Waals surface area (Å²) in [6.07, 6.45) is 5.43. The van der Waals surface area contributed by atoms with Gasteiger partial charge >= 0.3 is 0 Å². The highest BCUT2D eigenvalue weighted by Crippen LogP contribution is 2.19. The summed E-state index contributed by atoms with van der Waals surface area (Å²) in [6.45, 7) is 5.26.